The van der Waals surface area contributed by atoms with Crippen LogP contribution in [0, 0.1) is 6.92 Å². The Hall–Kier alpha value is -2.63. The van der Waals surface area contributed by atoms with Crippen LogP contribution in [0.15, 0.2) is 30.3 Å². The summed E-state index contributed by atoms with van der Waals surface area (Å²) in [5.74, 6) is 0.634. The zero-order valence-corrected chi connectivity index (χ0v) is 11.6. The number of nitrogen functional groups attached to an aromatic ring is 1. The molecule has 0 saturated heterocycles. The van der Waals surface area contributed by atoms with Gasteiger partial charge in [-0.3, -0.25) is 4.79 Å². The third kappa shape index (κ3) is 2.85. The maximum atomic E-state index is 11.7. The summed E-state index contributed by atoms with van der Waals surface area (Å²) in [7, 11) is 3.31. The highest BCUT2D eigenvalue weighted by Gasteiger charge is 2.12. The van der Waals surface area contributed by atoms with Gasteiger partial charge in [-0.25, -0.2) is 0 Å². The van der Waals surface area contributed by atoms with Crippen LogP contribution < -0.4 is 10.5 Å². The van der Waals surface area contributed by atoms with E-state index in [1.54, 1.807) is 32.3 Å². The van der Waals surface area contributed by atoms with Crippen LogP contribution in [-0.2, 0) is 0 Å². The molecule has 0 saturated carbocycles. The number of rotatable bonds is 3. The van der Waals surface area contributed by atoms with E-state index < -0.39 is 0 Å². The van der Waals surface area contributed by atoms with Gasteiger partial charge < -0.3 is 15.4 Å². The van der Waals surface area contributed by atoms with Crippen molar-refractivity contribution in [3.8, 4) is 11.6 Å². The summed E-state index contributed by atoms with van der Waals surface area (Å²) >= 11 is 0. The first-order valence-electron chi connectivity index (χ1n) is 6.07. The number of amides is 1. The average Bonchev–Trinajstić information content (AvgIpc) is 2.43. The Bertz CT molecular complexity index is 603. The predicted molar refractivity (Wildman–Crippen MR) is 75.7 cm³/mol. The summed E-state index contributed by atoms with van der Waals surface area (Å²) in [6.45, 7) is 1.89. The summed E-state index contributed by atoms with van der Waals surface area (Å²) in [5, 5.41) is 7.73. The molecule has 2 rings (SSSR count). The number of aryl methyl sites for hydroxylation is 1. The number of ether oxygens (including phenoxy) is 1. The highest BCUT2D eigenvalue weighted by molar-refractivity contribution is 5.91. The smallest absolute Gasteiger partial charge is 0.273 e. The van der Waals surface area contributed by atoms with Crippen LogP contribution in [0.5, 0.6) is 11.6 Å². The standard InChI is InChI=1S/C14H16N4O2/c1-9-5-4-6-10(15)13(9)20-12-8-7-11(16-17-12)14(19)18(2)3/h4-8H,15H2,1-3H3. The van der Waals surface area contributed by atoms with E-state index in [0.29, 0.717) is 17.3 Å². The van der Waals surface area contributed by atoms with Crippen LogP contribution in [-0.4, -0.2) is 35.1 Å². The molecule has 1 aromatic carbocycles. The van der Waals surface area contributed by atoms with Crippen molar-refractivity contribution in [3.63, 3.8) is 0 Å². The first-order chi connectivity index (χ1) is 9.49. The highest BCUT2D eigenvalue weighted by atomic mass is 16.5. The van der Waals surface area contributed by atoms with Gasteiger partial charge in [-0.2, -0.15) is 0 Å². The molecule has 0 atom stereocenters. The van der Waals surface area contributed by atoms with Crippen molar-refractivity contribution in [1.29, 1.82) is 0 Å². The molecule has 1 aromatic heterocycles. The van der Waals surface area contributed by atoms with E-state index >= 15 is 0 Å². The topological polar surface area (TPSA) is 81.3 Å². The molecule has 0 bridgehead atoms. The van der Waals surface area contributed by atoms with E-state index in [1.807, 2.05) is 19.1 Å². The Labute approximate surface area is 117 Å². The molecule has 2 aromatic rings. The highest BCUT2D eigenvalue weighted by Crippen LogP contribution is 2.29. The average molecular weight is 272 g/mol. The molecular formula is C14H16N4O2. The Kier molecular flexibility index (Phi) is 3.84. The number of hydrogen-bond donors (Lipinski definition) is 1. The summed E-state index contributed by atoms with van der Waals surface area (Å²) < 4.78 is 5.61. The van der Waals surface area contributed by atoms with Gasteiger partial charge in [0.1, 0.15) is 0 Å². The molecular weight excluding hydrogens is 256 g/mol. The van der Waals surface area contributed by atoms with Gasteiger partial charge in [0, 0.05) is 20.2 Å². The molecule has 1 amide bonds. The van der Waals surface area contributed by atoms with Crippen LogP contribution in [0.2, 0.25) is 0 Å². The van der Waals surface area contributed by atoms with Crippen molar-refractivity contribution in [3.05, 3.63) is 41.6 Å². The number of carbonyl (C=O) groups is 1. The predicted octanol–water partition coefficient (Wildman–Crippen LogP) is 1.86. The Balaban J connectivity index is 2.21. The maximum absolute atomic E-state index is 11.7. The van der Waals surface area contributed by atoms with Crippen molar-refractivity contribution in [2.24, 2.45) is 0 Å². The number of benzene rings is 1. The van der Waals surface area contributed by atoms with Crippen LogP contribution in [0.3, 0.4) is 0 Å². The van der Waals surface area contributed by atoms with Crippen LogP contribution in [0.4, 0.5) is 5.69 Å². The van der Waals surface area contributed by atoms with Gasteiger partial charge in [-0.05, 0) is 24.6 Å². The SMILES string of the molecule is Cc1cccc(N)c1Oc1ccc(C(=O)N(C)C)nn1. The molecule has 0 fully saturated rings. The Morgan fingerprint density at radius 1 is 1.20 bits per heavy atom. The Morgan fingerprint density at radius 2 is 1.95 bits per heavy atom. The van der Waals surface area contributed by atoms with Crippen molar-refractivity contribution in [2.75, 3.05) is 19.8 Å². The summed E-state index contributed by atoms with van der Waals surface area (Å²) in [5.41, 5.74) is 7.55. The summed E-state index contributed by atoms with van der Waals surface area (Å²) in [6, 6.07) is 8.65. The quantitative estimate of drug-likeness (QED) is 0.862. The molecule has 2 N–H and O–H groups in total. The summed E-state index contributed by atoms with van der Waals surface area (Å²) in [6.07, 6.45) is 0. The molecule has 1 heterocycles. The van der Waals surface area contributed by atoms with Gasteiger partial charge in [0.15, 0.2) is 11.4 Å². The molecule has 0 aliphatic carbocycles. The first-order valence-corrected chi connectivity index (χ1v) is 6.07. The van der Waals surface area contributed by atoms with Crippen molar-refractivity contribution < 1.29 is 9.53 Å². The monoisotopic (exact) mass is 272 g/mol. The Morgan fingerprint density at radius 3 is 2.50 bits per heavy atom. The van der Waals surface area contributed by atoms with E-state index in [4.69, 9.17) is 10.5 Å². The van der Waals surface area contributed by atoms with Crippen LogP contribution in [0.25, 0.3) is 0 Å². The van der Waals surface area contributed by atoms with Crippen molar-refractivity contribution >= 4 is 11.6 Å². The van der Waals surface area contributed by atoms with Gasteiger partial charge in [0.05, 0.1) is 5.69 Å². The van der Waals surface area contributed by atoms with E-state index in [0.717, 1.165) is 5.56 Å². The number of aromatic nitrogens is 2. The van der Waals surface area contributed by atoms with Crippen molar-refractivity contribution in [1.82, 2.24) is 15.1 Å². The van der Waals surface area contributed by atoms with Gasteiger partial charge in [0.25, 0.3) is 5.91 Å². The number of nitrogens with zero attached hydrogens (tertiary/aromatic N) is 3. The number of nitrogens with two attached hydrogens (primary N) is 1. The van der Waals surface area contributed by atoms with Crippen LogP contribution >= 0.6 is 0 Å². The number of carbonyl (C=O) groups excluding carboxylic acids is 1. The normalized spacial score (nSPS) is 10.2. The van der Waals surface area contributed by atoms with Crippen LogP contribution in [0.1, 0.15) is 16.1 Å². The minimum absolute atomic E-state index is 0.209. The minimum atomic E-state index is -0.209. The lowest BCUT2D eigenvalue weighted by Gasteiger charge is -2.11. The molecule has 0 spiro atoms. The number of para-hydroxylation sites is 1. The third-order valence-corrected chi connectivity index (χ3v) is 2.71. The summed E-state index contributed by atoms with van der Waals surface area (Å²) in [4.78, 5) is 13.1. The maximum Gasteiger partial charge on any atom is 0.273 e. The lowest BCUT2D eigenvalue weighted by atomic mass is 10.2. The molecule has 104 valence electrons. The van der Waals surface area contributed by atoms with E-state index in [2.05, 4.69) is 10.2 Å². The zero-order chi connectivity index (χ0) is 14.7. The fourth-order valence-electron chi connectivity index (χ4n) is 1.64. The molecule has 0 unspecified atom stereocenters. The molecule has 0 aliphatic heterocycles. The third-order valence-electron chi connectivity index (χ3n) is 2.71. The van der Waals surface area contributed by atoms with Gasteiger partial charge in [-0.1, -0.05) is 12.1 Å². The van der Waals surface area contributed by atoms with Gasteiger partial charge >= 0.3 is 0 Å². The second kappa shape index (κ2) is 5.56. The lowest BCUT2D eigenvalue weighted by molar-refractivity contribution is 0.0820. The number of anilines is 1. The van der Waals surface area contributed by atoms with Gasteiger partial charge in [0.2, 0.25) is 5.88 Å². The first kappa shape index (κ1) is 13.8. The fraction of sp³-hybridized carbons (Fsp3) is 0.214. The lowest BCUT2D eigenvalue weighted by Crippen LogP contribution is -2.23. The second-order valence-electron chi connectivity index (χ2n) is 4.55. The van der Waals surface area contributed by atoms with Gasteiger partial charge in [-0.15, -0.1) is 10.2 Å². The number of hydrogen-bond acceptors (Lipinski definition) is 5. The fourth-order valence-corrected chi connectivity index (χ4v) is 1.64. The zero-order valence-electron chi connectivity index (χ0n) is 11.6. The largest absolute Gasteiger partial charge is 0.435 e. The minimum Gasteiger partial charge on any atom is -0.435 e. The van der Waals surface area contributed by atoms with E-state index in [1.165, 1.54) is 4.90 Å². The molecule has 6 nitrogen and oxygen atoms in total. The van der Waals surface area contributed by atoms with Crippen molar-refractivity contribution in [2.45, 2.75) is 6.92 Å². The molecule has 20 heavy (non-hydrogen) atoms. The van der Waals surface area contributed by atoms with E-state index in [-0.39, 0.29) is 11.6 Å². The second-order valence-corrected chi connectivity index (χ2v) is 4.55. The molecule has 6 heteroatoms. The molecule has 0 radical (unpaired) electrons. The van der Waals surface area contributed by atoms with E-state index in [9.17, 15) is 4.79 Å². The molecule has 0 aliphatic rings.